The molecule has 0 atom stereocenters. The maximum absolute atomic E-state index is 12.4. The fourth-order valence-corrected chi connectivity index (χ4v) is 4.09. The number of amides is 1. The Morgan fingerprint density at radius 1 is 1.03 bits per heavy atom. The zero-order valence-electron chi connectivity index (χ0n) is 17.2. The van der Waals surface area contributed by atoms with Crippen molar-refractivity contribution in [2.45, 2.75) is 6.42 Å². The molecular weight excluding hydrogens is 422 g/mol. The Kier molecular flexibility index (Phi) is 5.35. The summed E-state index contributed by atoms with van der Waals surface area (Å²) in [5.74, 6) is 1.37. The number of benzene rings is 2. The molecule has 0 unspecified atom stereocenters. The molecule has 0 saturated heterocycles. The third-order valence-electron chi connectivity index (χ3n) is 4.97. The van der Waals surface area contributed by atoms with Crippen LogP contribution in [0.1, 0.15) is 5.56 Å². The van der Waals surface area contributed by atoms with E-state index in [9.17, 15) is 4.79 Å². The van der Waals surface area contributed by atoms with Crippen molar-refractivity contribution in [2.24, 2.45) is 0 Å². The van der Waals surface area contributed by atoms with Crippen molar-refractivity contribution in [3.8, 4) is 27.7 Å². The summed E-state index contributed by atoms with van der Waals surface area (Å²) in [6, 6.07) is 22.9. The summed E-state index contributed by atoms with van der Waals surface area (Å²) in [4.78, 5) is 13.4. The third-order valence-corrected chi connectivity index (χ3v) is 5.83. The van der Waals surface area contributed by atoms with E-state index in [4.69, 9.17) is 9.84 Å². The molecule has 1 amide bonds. The minimum atomic E-state index is -0.0874. The molecule has 0 bridgehead atoms. The monoisotopic (exact) mass is 441 g/mol. The van der Waals surface area contributed by atoms with E-state index in [1.165, 1.54) is 0 Å². The summed E-state index contributed by atoms with van der Waals surface area (Å²) in [5.41, 5.74) is 4.05. The van der Waals surface area contributed by atoms with Crippen LogP contribution >= 0.6 is 11.3 Å². The summed E-state index contributed by atoms with van der Waals surface area (Å²) in [6.07, 6.45) is 0.274. The first kappa shape index (κ1) is 19.9. The van der Waals surface area contributed by atoms with Crippen molar-refractivity contribution >= 4 is 28.6 Å². The van der Waals surface area contributed by atoms with E-state index in [1.807, 2.05) is 78.2 Å². The SMILES string of the molecule is COc1cccc(CC(=O)Nc2ccc(-c3ccc4nnc(-c5cccs5)n4n3)cc2)c1. The van der Waals surface area contributed by atoms with Gasteiger partial charge in [-0.3, -0.25) is 4.79 Å². The number of anilines is 1. The van der Waals surface area contributed by atoms with Gasteiger partial charge in [-0.25, -0.2) is 0 Å². The number of hydrogen-bond donors (Lipinski definition) is 1. The van der Waals surface area contributed by atoms with Gasteiger partial charge in [0.2, 0.25) is 5.91 Å². The Morgan fingerprint density at radius 3 is 2.69 bits per heavy atom. The van der Waals surface area contributed by atoms with Gasteiger partial charge in [0, 0.05) is 11.3 Å². The smallest absolute Gasteiger partial charge is 0.228 e. The number of fused-ring (bicyclic) bond motifs is 1. The van der Waals surface area contributed by atoms with Crippen LogP contribution in [-0.4, -0.2) is 32.8 Å². The van der Waals surface area contributed by atoms with Crippen LogP contribution in [0, 0.1) is 0 Å². The number of ether oxygens (including phenoxy) is 1. The molecule has 0 aliphatic rings. The van der Waals surface area contributed by atoms with Crippen molar-refractivity contribution < 1.29 is 9.53 Å². The summed E-state index contributed by atoms with van der Waals surface area (Å²) in [7, 11) is 1.61. The van der Waals surface area contributed by atoms with Crippen LogP contribution in [0.4, 0.5) is 5.69 Å². The normalized spacial score (nSPS) is 10.9. The van der Waals surface area contributed by atoms with Crippen LogP contribution in [0.5, 0.6) is 5.75 Å². The van der Waals surface area contributed by atoms with Gasteiger partial charge in [0.05, 0.1) is 24.1 Å². The van der Waals surface area contributed by atoms with Gasteiger partial charge in [-0.05, 0) is 53.4 Å². The molecule has 1 N–H and O–H groups in total. The van der Waals surface area contributed by atoms with Gasteiger partial charge in [0.1, 0.15) is 5.75 Å². The molecule has 0 spiro atoms. The standard InChI is InChI=1S/C24H19N5O2S/c1-31-19-5-2-4-16(14-19)15-23(30)25-18-9-7-17(8-10-18)20-11-12-22-26-27-24(29(22)28-20)21-6-3-13-32-21/h2-14H,15H2,1H3,(H,25,30). The maximum Gasteiger partial charge on any atom is 0.228 e. The van der Waals surface area contributed by atoms with Gasteiger partial charge in [-0.2, -0.15) is 9.61 Å². The van der Waals surface area contributed by atoms with Gasteiger partial charge in [-0.1, -0.05) is 30.3 Å². The summed E-state index contributed by atoms with van der Waals surface area (Å²) in [5, 5.41) is 18.1. The van der Waals surface area contributed by atoms with Crippen LogP contribution in [0.3, 0.4) is 0 Å². The highest BCUT2D eigenvalue weighted by Gasteiger charge is 2.12. The first-order valence-corrected chi connectivity index (χ1v) is 10.9. The number of carbonyl (C=O) groups is 1. The van der Waals surface area contributed by atoms with Gasteiger partial charge in [0.15, 0.2) is 11.5 Å². The highest BCUT2D eigenvalue weighted by Crippen LogP contribution is 2.25. The molecule has 158 valence electrons. The summed E-state index contributed by atoms with van der Waals surface area (Å²) < 4.78 is 6.97. The van der Waals surface area contributed by atoms with Crippen LogP contribution < -0.4 is 10.1 Å². The molecule has 0 saturated carbocycles. The van der Waals surface area contributed by atoms with Gasteiger partial charge in [-0.15, -0.1) is 21.5 Å². The third kappa shape index (κ3) is 4.08. The molecule has 0 aliphatic heterocycles. The average molecular weight is 442 g/mol. The Bertz CT molecular complexity index is 1380. The van der Waals surface area contributed by atoms with Gasteiger partial charge < -0.3 is 10.1 Å². The molecule has 8 heteroatoms. The number of rotatable bonds is 6. The molecule has 3 aromatic heterocycles. The lowest BCUT2D eigenvalue weighted by molar-refractivity contribution is -0.115. The molecule has 2 aromatic carbocycles. The molecule has 0 aliphatic carbocycles. The number of nitrogens with one attached hydrogen (secondary N) is 1. The lowest BCUT2D eigenvalue weighted by Crippen LogP contribution is -2.14. The fraction of sp³-hybridized carbons (Fsp3) is 0.0833. The quantitative estimate of drug-likeness (QED) is 0.413. The molecule has 0 fully saturated rings. The van der Waals surface area contributed by atoms with E-state index in [2.05, 4.69) is 15.5 Å². The number of hydrogen-bond acceptors (Lipinski definition) is 6. The average Bonchev–Trinajstić information content (AvgIpc) is 3.49. The zero-order valence-corrected chi connectivity index (χ0v) is 18.0. The Balaban J connectivity index is 1.32. The van der Waals surface area contributed by atoms with Crippen molar-refractivity contribution in [1.29, 1.82) is 0 Å². The lowest BCUT2D eigenvalue weighted by atomic mass is 10.1. The van der Waals surface area contributed by atoms with Crippen LogP contribution in [0.2, 0.25) is 0 Å². The summed E-state index contributed by atoms with van der Waals surface area (Å²) >= 11 is 1.60. The molecule has 3 heterocycles. The van der Waals surface area contributed by atoms with Crippen LogP contribution in [0.15, 0.2) is 78.2 Å². The van der Waals surface area contributed by atoms with Crippen molar-refractivity contribution in [1.82, 2.24) is 19.8 Å². The van der Waals surface area contributed by atoms with Crippen LogP contribution in [0.25, 0.3) is 27.6 Å². The van der Waals surface area contributed by atoms with E-state index < -0.39 is 0 Å². The minimum absolute atomic E-state index is 0.0874. The van der Waals surface area contributed by atoms with Gasteiger partial charge in [0.25, 0.3) is 0 Å². The van der Waals surface area contributed by atoms with Gasteiger partial charge >= 0.3 is 0 Å². The Labute approximate surface area is 188 Å². The number of nitrogens with zero attached hydrogens (tertiary/aromatic N) is 4. The lowest BCUT2D eigenvalue weighted by Gasteiger charge is -2.08. The van der Waals surface area contributed by atoms with Crippen molar-refractivity contribution in [3.63, 3.8) is 0 Å². The predicted octanol–water partition coefficient (Wildman–Crippen LogP) is 4.71. The number of methoxy groups -OCH3 is 1. The largest absolute Gasteiger partial charge is 0.497 e. The topological polar surface area (TPSA) is 81.4 Å². The molecule has 32 heavy (non-hydrogen) atoms. The minimum Gasteiger partial charge on any atom is -0.497 e. The zero-order chi connectivity index (χ0) is 21.9. The molecule has 5 aromatic rings. The number of thiophene rings is 1. The second-order valence-electron chi connectivity index (χ2n) is 7.14. The molecule has 5 rings (SSSR count). The highest BCUT2D eigenvalue weighted by molar-refractivity contribution is 7.13. The number of carbonyl (C=O) groups excluding carboxylic acids is 1. The Morgan fingerprint density at radius 2 is 1.91 bits per heavy atom. The predicted molar refractivity (Wildman–Crippen MR) is 125 cm³/mol. The molecular formula is C24H19N5O2S. The highest BCUT2D eigenvalue weighted by atomic mass is 32.1. The maximum atomic E-state index is 12.4. The first-order chi connectivity index (χ1) is 15.7. The number of aromatic nitrogens is 4. The molecule has 0 radical (unpaired) electrons. The van der Waals surface area contributed by atoms with E-state index in [0.717, 1.165) is 39.0 Å². The molecule has 7 nitrogen and oxygen atoms in total. The Hall–Kier alpha value is -4.04. The van der Waals surface area contributed by atoms with E-state index >= 15 is 0 Å². The second kappa shape index (κ2) is 8.60. The fourth-order valence-electron chi connectivity index (χ4n) is 3.40. The second-order valence-corrected chi connectivity index (χ2v) is 8.09. The van der Waals surface area contributed by atoms with Crippen LogP contribution in [-0.2, 0) is 11.2 Å². The van der Waals surface area contributed by atoms with E-state index in [1.54, 1.807) is 23.0 Å². The van der Waals surface area contributed by atoms with E-state index in [-0.39, 0.29) is 12.3 Å². The first-order valence-electron chi connectivity index (χ1n) is 9.99. The summed E-state index contributed by atoms with van der Waals surface area (Å²) in [6.45, 7) is 0. The van der Waals surface area contributed by atoms with Crippen molar-refractivity contribution in [2.75, 3.05) is 12.4 Å². The van der Waals surface area contributed by atoms with Crippen molar-refractivity contribution in [3.05, 3.63) is 83.7 Å². The van der Waals surface area contributed by atoms with E-state index in [0.29, 0.717) is 5.65 Å².